The van der Waals surface area contributed by atoms with Gasteiger partial charge in [0.1, 0.15) is 5.84 Å². The summed E-state index contributed by atoms with van der Waals surface area (Å²) in [7, 11) is -3.70. The van der Waals surface area contributed by atoms with Crippen LogP contribution in [0.15, 0.2) is 58.4 Å². The van der Waals surface area contributed by atoms with Crippen molar-refractivity contribution in [2.24, 2.45) is 4.99 Å². The minimum atomic E-state index is -3.70. The van der Waals surface area contributed by atoms with E-state index in [0.29, 0.717) is 24.5 Å². The van der Waals surface area contributed by atoms with Crippen molar-refractivity contribution in [1.82, 2.24) is 4.72 Å². The minimum Gasteiger partial charge on any atom is -0.326 e. The molecule has 1 heterocycles. The largest absolute Gasteiger partial charge is 0.326 e. The maximum absolute atomic E-state index is 12.5. The highest BCUT2D eigenvalue weighted by molar-refractivity contribution is 7.90. The van der Waals surface area contributed by atoms with Crippen LogP contribution in [0.4, 0.5) is 5.69 Å². The second-order valence-electron chi connectivity index (χ2n) is 6.22. The molecule has 1 amide bonds. The number of aryl methyl sites for hydroxylation is 1. The van der Waals surface area contributed by atoms with Crippen molar-refractivity contribution < 1.29 is 13.2 Å². The lowest BCUT2D eigenvalue weighted by Gasteiger charge is -2.10. The van der Waals surface area contributed by atoms with E-state index in [9.17, 15) is 13.2 Å². The summed E-state index contributed by atoms with van der Waals surface area (Å²) in [6.07, 6.45) is 1.72. The Morgan fingerprint density at radius 2 is 1.96 bits per heavy atom. The molecule has 2 aromatic carbocycles. The molecule has 7 heteroatoms. The molecule has 2 N–H and O–H groups in total. The average Bonchev–Trinajstić information content (AvgIpc) is 3.09. The topological polar surface area (TPSA) is 87.6 Å². The first-order chi connectivity index (χ1) is 12.4. The Morgan fingerprint density at radius 3 is 2.69 bits per heavy atom. The van der Waals surface area contributed by atoms with Crippen molar-refractivity contribution in [2.45, 2.75) is 31.1 Å². The SMILES string of the molecule is Cc1ccccc1CC(=O)Nc1cccc(S(=O)(=O)NC2=NCCC2)c1. The van der Waals surface area contributed by atoms with E-state index in [1.165, 1.54) is 12.1 Å². The fourth-order valence-electron chi connectivity index (χ4n) is 2.76. The Labute approximate surface area is 153 Å². The predicted octanol–water partition coefficient (Wildman–Crippen LogP) is 2.65. The van der Waals surface area contributed by atoms with Gasteiger partial charge in [0.25, 0.3) is 10.0 Å². The number of sulfonamides is 1. The van der Waals surface area contributed by atoms with E-state index < -0.39 is 10.0 Å². The van der Waals surface area contributed by atoms with Crippen LogP contribution >= 0.6 is 0 Å². The molecular weight excluding hydrogens is 350 g/mol. The van der Waals surface area contributed by atoms with Crippen LogP contribution in [0.3, 0.4) is 0 Å². The third-order valence-corrected chi connectivity index (χ3v) is 5.55. The molecule has 0 atom stereocenters. The van der Waals surface area contributed by atoms with Crippen LogP contribution in [0, 0.1) is 6.92 Å². The quantitative estimate of drug-likeness (QED) is 0.847. The summed E-state index contributed by atoms with van der Waals surface area (Å²) in [6, 6.07) is 13.9. The van der Waals surface area contributed by atoms with Crippen molar-refractivity contribution in [3.8, 4) is 0 Å². The minimum absolute atomic E-state index is 0.0980. The van der Waals surface area contributed by atoms with Gasteiger partial charge in [-0.15, -0.1) is 0 Å². The number of nitrogens with zero attached hydrogens (tertiary/aromatic N) is 1. The number of rotatable bonds is 5. The lowest BCUT2D eigenvalue weighted by atomic mass is 10.1. The second kappa shape index (κ2) is 7.70. The van der Waals surface area contributed by atoms with Gasteiger partial charge in [-0.1, -0.05) is 30.3 Å². The molecule has 2 aromatic rings. The third-order valence-electron chi connectivity index (χ3n) is 4.17. The van der Waals surface area contributed by atoms with Gasteiger partial charge in [0, 0.05) is 18.7 Å². The maximum Gasteiger partial charge on any atom is 0.262 e. The first-order valence-corrected chi connectivity index (χ1v) is 9.93. The van der Waals surface area contributed by atoms with E-state index in [1.807, 2.05) is 31.2 Å². The van der Waals surface area contributed by atoms with Crippen molar-refractivity contribution in [3.05, 3.63) is 59.7 Å². The summed E-state index contributed by atoms with van der Waals surface area (Å²) in [4.78, 5) is 16.5. The number of nitrogens with one attached hydrogen (secondary N) is 2. The lowest BCUT2D eigenvalue weighted by Crippen LogP contribution is -2.29. The van der Waals surface area contributed by atoms with Crippen LogP contribution < -0.4 is 10.0 Å². The molecule has 0 bridgehead atoms. The van der Waals surface area contributed by atoms with Crippen LogP contribution in [0.25, 0.3) is 0 Å². The van der Waals surface area contributed by atoms with Gasteiger partial charge in [0.05, 0.1) is 11.3 Å². The Kier molecular flexibility index (Phi) is 5.37. The van der Waals surface area contributed by atoms with E-state index >= 15 is 0 Å². The molecule has 0 saturated carbocycles. The number of amidine groups is 1. The third kappa shape index (κ3) is 4.49. The molecule has 0 aliphatic carbocycles. The van der Waals surface area contributed by atoms with E-state index in [1.54, 1.807) is 12.1 Å². The Balaban J connectivity index is 1.71. The molecule has 136 valence electrons. The van der Waals surface area contributed by atoms with Crippen LogP contribution in [0.1, 0.15) is 24.0 Å². The zero-order valence-corrected chi connectivity index (χ0v) is 15.3. The van der Waals surface area contributed by atoms with Gasteiger partial charge in [-0.25, -0.2) is 8.42 Å². The number of carbonyl (C=O) groups is 1. The van der Waals surface area contributed by atoms with Crippen molar-refractivity contribution in [3.63, 3.8) is 0 Å². The highest BCUT2D eigenvalue weighted by Crippen LogP contribution is 2.17. The van der Waals surface area contributed by atoms with E-state index in [4.69, 9.17) is 0 Å². The Morgan fingerprint density at radius 1 is 1.15 bits per heavy atom. The van der Waals surface area contributed by atoms with Gasteiger partial charge in [0.15, 0.2) is 0 Å². The normalized spacial score (nSPS) is 14.0. The summed E-state index contributed by atoms with van der Waals surface area (Å²) >= 11 is 0. The summed E-state index contributed by atoms with van der Waals surface area (Å²) in [5.41, 5.74) is 2.43. The lowest BCUT2D eigenvalue weighted by molar-refractivity contribution is -0.115. The molecule has 0 saturated heterocycles. The molecule has 0 unspecified atom stereocenters. The highest BCUT2D eigenvalue weighted by Gasteiger charge is 2.18. The molecule has 1 aliphatic rings. The van der Waals surface area contributed by atoms with Crippen LogP contribution in [0.5, 0.6) is 0 Å². The summed E-state index contributed by atoms with van der Waals surface area (Å²) < 4.78 is 27.4. The van der Waals surface area contributed by atoms with Gasteiger partial charge >= 0.3 is 0 Å². The highest BCUT2D eigenvalue weighted by atomic mass is 32.2. The number of hydrogen-bond donors (Lipinski definition) is 2. The maximum atomic E-state index is 12.5. The predicted molar refractivity (Wildman–Crippen MR) is 102 cm³/mol. The van der Waals surface area contributed by atoms with Crippen LogP contribution in [-0.4, -0.2) is 26.7 Å². The first-order valence-electron chi connectivity index (χ1n) is 8.44. The van der Waals surface area contributed by atoms with Gasteiger partial charge in [-0.05, 0) is 42.7 Å². The van der Waals surface area contributed by atoms with E-state index in [-0.39, 0.29) is 17.2 Å². The van der Waals surface area contributed by atoms with Gasteiger partial charge in [-0.2, -0.15) is 0 Å². The van der Waals surface area contributed by atoms with Crippen LogP contribution in [0.2, 0.25) is 0 Å². The molecule has 0 spiro atoms. The second-order valence-corrected chi connectivity index (χ2v) is 7.90. The summed E-state index contributed by atoms with van der Waals surface area (Å²) in [6.45, 7) is 2.60. The van der Waals surface area contributed by atoms with Crippen molar-refractivity contribution >= 4 is 27.5 Å². The number of carbonyl (C=O) groups excluding carboxylic acids is 1. The Bertz CT molecular complexity index is 952. The average molecular weight is 371 g/mol. The molecule has 0 fully saturated rings. The molecule has 0 aromatic heterocycles. The van der Waals surface area contributed by atoms with E-state index in [0.717, 1.165) is 17.5 Å². The summed E-state index contributed by atoms with van der Waals surface area (Å²) in [5, 5.41) is 2.76. The van der Waals surface area contributed by atoms with Gasteiger partial charge in [-0.3, -0.25) is 14.5 Å². The zero-order valence-electron chi connectivity index (χ0n) is 14.5. The zero-order chi connectivity index (χ0) is 18.6. The standard InChI is InChI=1S/C19H21N3O3S/c1-14-6-2-3-7-15(14)12-19(23)21-16-8-4-9-17(13-16)26(24,25)22-18-10-5-11-20-18/h2-4,6-9,13H,5,10-12H2,1H3,(H,20,22)(H,21,23). The first kappa shape index (κ1) is 18.1. The monoisotopic (exact) mass is 371 g/mol. The van der Waals surface area contributed by atoms with Crippen molar-refractivity contribution in [1.29, 1.82) is 0 Å². The van der Waals surface area contributed by atoms with Gasteiger partial charge < -0.3 is 5.32 Å². The molecular formula is C19H21N3O3S. The number of benzene rings is 2. The molecule has 6 nitrogen and oxygen atoms in total. The smallest absolute Gasteiger partial charge is 0.262 e. The molecule has 0 radical (unpaired) electrons. The fourth-order valence-corrected chi connectivity index (χ4v) is 3.90. The van der Waals surface area contributed by atoms with Crippen molar-refractivity contribution in [2.75, 3.05) is 11.9 Å². The van der Waals surface area contributed by atoms with Gasteiger partial charge in [0.2, 0.25) is 5.91 Å². The number of anilines is 1. The summed E-state index contributed by atoms with van der Waals surface area (Å²) in [5.74, 6) is 0.293. The molecule has 3 rings (SSSR count). The fraction of sp³-hybridized carbons (Fsp3) is 0.263. The molecule has 26 heavy (non-hydrogen) atoms. The van der Waals surface area contributed by atoms with E-state index in [2.05, 4.69) is 15.0 Å². The number of amides is 1. The number of aliphatic imine (C=N–C) groups is 1. The molecule has 1 aliphatic heterocycles. The Hall–Kier alpha value is -2.67. The van der Waals surface area contributed by atoms with Crippen LogP contribution in [-0.2, 0) is 21.2 Å². The number of hydrogen-bond acceptors (Lipinski definition) is 4.